The Labute approximate surface area is 208 Å². The van der Waals surface area contributed by atoms with Crippen LogP contribution in [0.2, 0.25) is 0 Å². The van der Waals surface area contributed by atoms with Crippen LogP contribution < -0.4 is 10.2 Å². The highest BCUT2D eigenvalue weighted by atomic mass is 32.2. The zero-order chi connectivity index (χ0) is 25.0. The fourth-order valence-electron chi connectivity index (χ4n) is 4.68. The predicted molar refractivity (Wildman–Crippen MR) is 140 cm³/mol. The number of amides is 1. The number of anilines is 2. The van der Waals surface area contributed by atoms with E-state index in [0.717, 1.165) is 30.1 Å². The molecule has 35 heavy (non-hydrogen) atoms. The number of aryl methyl sites for hydroxylation is 2. The SMILES string of the molecule is CCN(CC)S(=O)(=O)c1ccc2c(c1)nc(CCC(=O)Nc1ccc(N3CCCCC3)cc1)n2C. The average molecular weight is 498 g/mol. The van der Waals surface area contributed by atoms with Gasteiger partial charge in [-0.05, 0) is 61.7 Å². The van der Waals surface area contributed by atoms with E-state index in [-0.39, 0.29) is 17.2 Å². The van der Waals surface area contributed by atoms with Crippen molar-refractivity contribution in [2.24, 2.45) is 7.05 Å². The van der Waals surface area contributed by atoms with Gasteiger partial charge in [-0.15, -0.1) is 0 Å². The fraction of sp³-hybridized carbons (Fsp3) is 0.462. The molecule has 8 nitrogen and oxygen atoms in total. The summed E-state index contributed by atoms with van der Waals surface area (Å²) in [7, 11) is -1.66. The number of hydrogen-bond acceptors (Lipinski definition) is 5. The largest absolute Gasteiger partial charge is 0.372 e. The topological polar surface area (TPSA) is 87.5 Å². The maximum atomic E-state index is 12.9. The van der Waals surface area contributed by atoms with E-state index in [0.29, 0.717) is 25.0 Å². The van der Waals surface area contributed by atoms with Crippen molar-refractivity contribution in [3.63, 3.8) is 0 Å². The van der Waals surface area contributed by atoms with Crippen molar-refractivity contribution < 1.29 is 13.2 Å². The molecule has 0 saturated carbocycles. The van der Waals surface area contributed by atoms with Gasteiger partial charge in [-0.1, -0.05) is 13.8 Å². The van der Waals surface area contributed by atoms with Crippen LogP contribution in [-0.2, 0) is 28.3 Å². The second-order valence-electron chi connectivity index (χ2n) is 8.97. The lowest BCUT2D eigenvalue weighted by atomic mass is 10.1. The van der Waals surface area contributed by atoms with Gasteiger partial charge >= 0.3 is 0 Å². The normalized spacial score (nSPS) is 14.6. The summed E-state index contributed by atoms with van der Waals surface area (Å²) >= 11 is 0. The number of fused-ring (bicyclic) bond motifs is 1. The Morgan fingerprint density at radius 1 is 1.03 bits per heavy atom. The molecule has 1 fully saturated rings. The van der Waals surface area contributed by atoms with Crippen LogP contribution in [-0.4, -0.2) is 54.4 Å². The average Bonchev–Trinajstić information content (AvgIpc) is 3.19. The molecule has 1 N–H and O–H groups in total. The van der Waals surface area contributed by atoms with Gasteiger partial charge in [0.25, 0.3) is 0 Å². The highest BCUT2D eigenvalue weighted by Gasteiger charge is 2.23. The molecule has 2 aromatic carbocycles. The molecule has 4 rings (SSSR count). The minimum absolute atomic E-state index is 0.0763. The summed E-state index contributed by atoms with van der Waals surface area (Å²) in [5.41, 5.74) is 3.44. The number of carbonyl (C=O) groups is 1. The van der Waals surface area contributed by atoms with Gasteiger partial charge in [0, 0.05) is 57.4 Å². The summed E-state index contributed by atoms with van der Waals surface area (Å²) in [5, 5.41) is 2.97. The van der Waals surface area contributed by atoms with Crippen molar-refractivity contribution in [3.8, 4) is 0 Å². The third-order valence-corrected chi connectivity index (χ3v) is 8.78. The van der Waals surface area contributed by atoms with E-state index < -0.39 is 10.0 Å². The molecule has 1 aliphatic heterocycles. The number of piperidine rings is 1. The van der Waals surface area contributed by atoms with Crippen molar-refractivity contribution in [2.75, 3.05) is 36.4 Å². The third-order valence-electron chi connectivity index (χ3n) is 6.74. The molecule has 0 atom stereocenters. The Hall–Kier alpha value is -2.91. The zero-order valence-electron chi connectivity index (χ0n) is 20.8. The second-order valence-corrected chi connectivity index (χ2v) is 10.9. The van der Waals surface area contributed by atoms with Gasteiger partial charge < -0.3 is 14.8 Å². The maximum absolute atomic E-state index is 12.9. The minimum atomic E-state index is -3.55. The van der Waals surface area contributed by atoms with Crippen molar-refractivity contribution in [2.45, 2.75) is 50.8 Å². The van der Waals surface area contributed by atoms with Gasteiger partial charge in [0.05, 0.1) is 15.9 Å². The lowest BCUT2D eigenvalue weighted by Gasteiger charge is -2.28. The molecule has 2 heterocycles. The van der Waals surface area contributed by atoms with E-state index in [1.807, 2.05) is 37.6 Å². The molecule has 9 heteroatoms. The highest BCUT2D eigenvalue weighted by Crippen LogP contribution is 2.24. The number of benzene rings is 2. The van der Waals surface area contributed by atoms with Gasteiger partial charge in [0.1, 0.15) is 5.82 Å². The Kier molecular flexibility index (Phi) is 7.76. The van der Waals surface area contributed by atoms with E-state index in [1.165, 1.54) is 29.3 Å². The van der Waals surface area contributed by atoms with Crippen LogP contribution >= 0.6 is 0 Å². The first-order valence-corrected chi connectivity index (χ1v) is 13.9. The predicted octanol–water partition coefficient (Wildman–Crippen LogP) is 4.17. The van der Waals surface area contributed by atoms with Crippen LogP contribution in [0.15, 0.2) is 47.4 Å². The number of nitrogens with one attached hydrogen (secondary N) is 1. The molecule has 1 saturated heterocycles. The van der Waals surface area contributed by atoms with Gasteiger partial charge in [-0.25, -0.2) is 13.4 Å². The van der Waals surface area contributed by atoms with Gasteiger partial charge in [-0.3, -0.25) is 4.79 Å². The molecule has 0 spiro atoms. The fourth-order valence-corrected chi connectivity index (χ4v) is 6.16. The molecule has 0 bridgehead atoms. The molecule has 0 radical (unpaired) electrons. The van der Waals surface area contributed by atoms with Gasteiger partial charge in [0.2, 0.25) is 15.9 Å². The standard InChI is InChI=1S/C26H35N5O3S/c1-4-31(5-2)35(33,34)22-13-14-24-23(19-22)28-25(29(24)3)15-16-26(32)27-20-9-11-21(12-10-20)30-17-7-6-8-18-30/h9-14,19H,4-8,15-18H2,1-3H3,(H,27,32). The molecule has 188 valence electrons. The summed E-state index contributed by atoms with van der Waals surface area (Å²) in [6.45, 7) is 6.67. The Bertz CT molecular complexity index is 1270. The van der Waals surface area contributed by atoms with E-state index in [1.54, 1.807) is 18.2 Å². The molecule has 0 aliphatic carbocycles. The number of hydrogen-bond donors (Lipinski definition) is 1. The first-order chi connectivity index (χ1) is 16.8. The Morgan fingerprint density at radius 2 is 1.71 bits per heavy atom. The van der Waals surface area contributed by atoms with Crippen LogP contribution in [0.1, 0.15) is 45.4 Å². The van der Waals surface area contributed by atoms with E-state index in [2.05, 4.69) is 27.3 Å². The summed E-state index contributed by atoms with van der Waals surface area (Å²) in [6, 6.07) is 13.1. The van der Waals surface area contributed by atoms with Crippen LogP contribution in [0.3, 0.4) is 0 Å². The number of sulfonamides is 1. The lowest BCUT2D eigenvalue weighted by Crippen LogP contribution is -2.30. The van der Waals surface area contributed by atoms with Crippen LogP contribution in [0, 0.1) is 0 Å². The quantitative estimate of drug-likeness (QED) is 0.480. The lowest BCUT2D eigenvalue weighted by molar-refractivity contribution is -0.116. The van der Waals surface area contributed by atoms with Crippen LogP contribution in [0.25, 0.3) is 11.0 Å². The van der Waals surface area contributed by atoms with Crippen LogP contribution in [0.5, 0.6) is 0 Å². The van der Waals surface area contributed by atoms with Gasteiger partial charge in [0.15, 0.2) is 0 Å². The Morgan fingerprint density at radius 3 is 2.37 bits per heavy atom. The van der Waals surface area contributed by atoms with Gasteiger partial charge in [-0.2, -0.15) is 4.31 Å². The zero-order valence-corrected chi connectivity index (χ0v) is 21.6. The number of nitrogens with zero attached hydrogens (tertiary/aromatic N) is 4. The van der Waals surface area contributed by atoms with E-state index in [9.17, 15) is 13.2 Å². The first kappa shape index (κ1) is 25.2. The molecular weight excluding hydrogens is 462 g/mol. The summed E-state index contributed by atoms with van der Waals surface area (Å²) < 4.78 is 29.1. The third kappa shape index (κ3) is 5.51. The maximum Gasteiger partial charge on any atom is 0.243 e. The Balaban J connectivity index is 1.40. The molecule has 1 aromatic heterocycles. The molecule has 1 amide bonds. The van der Waals surface area contributed by atoms with Crippen molar-refractivity contribution in [1.29, 1.82) is 0 Å². The number of aromatic nitrogens is 2. The molecule has 1 aliphatic rings. The second kappa shape index (κ2) is 10.8. The van der Waals surface area contributed by atoms with Crippen molar-refractivity contribution in [1.82, 2.24) is 13.9 Å². The summed E-state index contributed by atoms with van der Waals surface area (Å²) in [6.07, 6.45) is 4.50. The summed E-state index contributed by atoms with van der Waals surface area (Å²) in [4.78, 5) is 19.8. The number of imidazole rings is 1. The van der Waals surface area contributed by atoms with E-state index >= 15 is 0 Å². The number of rotatable bonds is 9. The number of carbonyl (C=O) groups excluding carboxylic acids is 1. The first-order valence-electron chi connectivity index (χ1n) is 12.4. The van der Waals surface area contributed by atoms with Crippen LogP contribution in [0.4, 0.5) is 11.4 Å². The minimum Gasteiger partial charge on any atom is -0.372 e. The van der Waals surface area contributed by atoms with Crippen molar-refractivity contribution >= 4 is 38.3 Å². The molecular formula is C26H35N5O3S. The van der Waals surface area contributed by atoms with E-state index in [4.69, 9.17) is 0 Å². The monoisotopic (exact) mass is 497 g/mol. The smallest absolute Gasteiger partial charge is 0.243 e. The highest BCUT2D eigenvalue weighted by molar-refractivity contribution is 7.89. The molecule has 3 aromatic rings. The summed E-state index contributed by atoms with van der Waals surface area (Å²) in [5.74, 6) is 0.667. The van der Waals surface area contributed by atoms with Crippen molar-refractivity contribution in [3.05, 3.63) is 48.3 Å². The molecule has 0 unspecified atom stereocenters.